The first-order valence-corrected chi connectivity index (χ1v) is 8.23. The van der Waals surface area contributed by atoms with Crippen molar-refractivity contribution < 1.29 is 22.7 Å². The third-order valence-electron chi connectivity index (χ3n) is 3.41. The fraction of sp³-hybridized carbons (Fsp3) is 0.188. The highest BCUT2D eigenvalue weighted by Crippen LogP contribution is 2.25. The van der Waals surface area contributed by atoms with Gasteiger partial charge in [-0.15, -0.1) is 0 Å². The van der Waals surface area contributed by atoms with Gasteiger partial charge in [0.25, 0.3) is 10.0 Å². The molecule has 0 radical (unpaired) electrons. The summed E-state index contributed by atoms with van der Waals surface area (Å²) in [5.74, 6) is -1.65. The molecule has 2 rings (SSSR count). The number of aryl methyl sites for hydroxylation is 3. The Hall–Kier alpha value is -2.41. The van der Waals surface area contributed by atoms with Crippen molar-refractivity contribution in [1.82, 2.24) is 0 Å². The minimum Gasteiger partial charge on any atom is -0.478 e. The summed E-state index contributed by atoms with van der Waals surface area (Å²) in [6.07, 6.45) is 0. The minimum atomic E-state index is -3.96. The Balaban J connectivity index is 2.48. The van der Waals surface area contributed by atoms with E-state index in [1.165, 1.54) is 32.0 Å². The average molecular weight is 337 g/mol. The van der Waals surface area contributed by atoms with E-state index < -0.39 is 21.8 Å². The van der Waals surface area contributed by atoms with E-state index in [9.17, 15) is 17.6 Å². The highest BCUT2D eigenvalue weighted by molar-refractivity contribution is 7.92. The van der Waals surface area contributed by atoms with Crippen molar-refractivity contribution in [2.75, 3.05) is 4.72 Å². The molecule has 0 heterocycles. The summed E-state index contributed by atoms with van der Waals surface area (Å²) in [5.41, 5.74) is 1.23. The monoisotopic (exact) mass is 337 g/mol. The molecule has 0 aliphatic rings. The second-order valence-electron chi connectivity index (χ2n) is 5.31. The van der Waals surface area contributed by atoms with Gasteiger partial charge in [0.05, 0.1) is 10.5 Å². The van der Waals surface area contributed by atoms with Gasteiger partial charge in [0.15, 0.2) is 0 Å². The van der Waals surface area contributed by atoms with Gasteiger partial charge < -0.3 is 5.11 Å². The second kappa shape index (κ2) is 6.00. The van der Waals surface area contributed by atoms with Crippen LogP contribution in [0.4, 0.5) is 10.1 Å². The number of aromatic carboxylic acids is 1. The molecule has 2 N–H and O–H groups in total. The van der Waals surface area contributed by atoms with Crippen LogP contribution in [0.3, 0.4) is 0 Å². The molecule has 0 aliphatic carbocycles. The molecule has 2 aromatic carbocycles. The quantitative estimate of drug-likeness (QED) is 0.897. The number of anilines is 1. The molecule has 0 bridgehead atoms. The molecule has 0 saturated carbocycles. The fourth-order valence-corrected chi connectivity index (χ4v) is 3.95. The molecular weight excluding hydrogens is 321 g/mol. The maximum Gasteiger partial charge on any atom is 0.336 e. The smallest absolute Gasteiger partial charge is 0.336 e. The fourth-order valence-electron chi connectivity index (χ4n) is 2.44. The summed E-state index contributed by atoms with van der Waals surface area (Å²) in [5, 5.41) is 9.11. The van der Waals surface area contributed by atoms with Crippen LogP contribution in [0.2, 0.25) is 0 Å². The molecule has 0 aliphatic heterocycles. The molecule has 5 nitrogen and oxygen atoms in total. The average Bonchev–Trinajstić information content (AvgIpc) is 2.38. The van der Waals surface area contributed by atoms with Gasteiger partial charge >= 0.3 is 5.97 Å². The van der Waals surface area contributed by atoms with E-state index in [2.05, 4.69) is 4.72 Å². The third kappa shape index (κ3) is 3.50. The summed E-state index contributed by atoms with van der Waals surface area (Å²) in [7, 11) is -3.96. The standard InChI is InChI=1S/C16H16FNO4S/c1-9-4-5-13(8-14(9)16(19)20)18-23(21,22)15-10(2)6-12(17)7-11(15)3/h4-8,18H,1-3H3,(H,19,20). The van der Waals surface area contributed by atoms with Gasteiger partial charge in [-0.2, -0.15) is 0 Å². The lowest BCUT2D eigenvalue weighted by Gasteiger charge is -2.14. The first kappa shape index (κ1) is 17.0. The van der Waals surface area contributed by atoms with Crippen molar-refractivity contribution in [3.63, 3.8) is 0 Å². The van der Waals surface area contributed by atoms with Crippen LogP contribution < -0.4 is 4.72 Å². The first-order chi connectivity index (χ1) is 10.6. The number of rotatable bonds is 4. The largest absolute Gasteiger partial charge is 0.478 e. The molecule has 0 fully saturated rings. The highest BCUT2D eigenvalue weighted by atomic mass is 32.2. The number of sulfonamides is 1. The Morgan fingerprint density at radius 3 is 2.13 bits per heavy atom. The molecule has 23 heavy (non-hydrogen) atoms. The molecule has 0 unspecified atom stereocenters. The van der Waals surface area contributed by atoms with Gasteiger partial charge in [-0.25, -0.2) is 17.6 Å². The lowest BCUT2D eigenvalue weighted by Crippen LogP contribution is -2.16. The Bertz CT molecular complexity index is 868. The van der Waals surface area contributed by atoms with Crippen molar-refractivity contribution in [3.05, 3.63) is 58.4 Å². The maximum absolute atomic E-state index is 13.3. The molecule has 2 aromatic rings. The summed E-state index contributed by atoms with van der Waals surface area (Å²) >= 11 is 0. The maximum atomic E-state index is 13.3. The predicted octanol–water partition coefficient (Wildman–Crippen LogP) is 3.25. The lowest BCUT2D eigenvalue weighted by molar-refractivity contribution is 0.0696. The van der Waals surface area contributed by atoms with Gasteiger partial charge in [-0.05, 0) is 61.7 Å². The molecule has 7 heteroatoms. The zero-order valence-corrected chi connectivity index (χ0v) is 13.7. The van der Waals surface area contributed by atoms with Crippen molar-refractivity contribution in [1.29, 1.82) is 0 Å². The molecule has 0 spiro atoms. The van der Waals surface area contributed by atoms with Gasteiger partial charge in [0.1, 0.15) is 5.82 Å². The Labute approximate surface area is 133 Å². The van der Waals surface area contributed by atoms with Crippen LogP contribution >= 0.6 is 0 Å². The molecule has 122 valence electrons. The van der Waals surface area contributed by atoms with Crippen LogP contribution in [0.1, 0.15) is 27.0 Å². The number of nitrogens with one attached hydrogen (secondary N) is 1. The first-order valence-electron chi connectivity index (χ1n) is 6.75. The second-order valence-corrected chi connectivity index (χ2v) is 6.93. The van der Waals surface area contributed by atoms with E-state index in [0.29, 0.717) is 5.56 Å². The van der Waals surface area contributed by atoms with Crippen molar-refractivity contribution in [3.8, 4) is 0 Å². The summed E-state index contributed by atoms with van der Waals surface area (Å²) in [6.45, 7) is 4.63. The molecule has 0 atom stereocenters. The van der Waals surface area contributed by atoms with E-state index >= 15 is 0 Å². The SMILES string of the molecule is Cc1ccc(NS(=O)(=O)c2c(C)cc(F)cc2C)cc1C(=O)O. The van der Waals surface area contributed by atoms with Gasteiger partial charge in [0, 0.05) is 5.69 Å². The van der Waals surface area contributed by atoms with Crippen molar-refractivity contribution in [2.24, 2.45) is 0 Å². The topological polar surface area (TPSA) is 83.5 Å². The Morgan fingerprint density at radius 1 is 1.04 bits per heavy atom. The van der Waals surface area contributed by atoms with Crippen LogP contribution in [-0.4, -0.2) is 19.5 Å². The number of hydrogen-bond donors (Lipinski definition) is 2. The van der Waals surface area contributed by atoms with Crippen LogP contribution in [0.5, 0.6) is 0 Å². The van der Waals surface area contributed by atoms with Crippen molar-refractivity contribution in [2.45, 2.75) is 25.7 Å². The number of carboxylic acids is 1. The minimum absolute atomic E-state index is 0.0118. The van der Waals surface area contributed by atoms with Crippen LogP contribution in [0, 0.1) is 26.6 Å². The van der Waals surface area contributed by atoms with Gasteiger partial charge in [-0.1, -0.05) is 6.07 Å². The Morgan fingerprint density at radius 2 is 1.61 bits per heavy atom. The zero-order chi connectivity index (χ0) is 17.4. The number of carbonyl (C=O) groups is 1. The summed E-state index contributed by atoms with van der Waals surface area (Å²) < 4.78 is 40.8. The Kier molecular flexibility index (Phi) is 4.42. The molecule has 0 amide bonds. The molecular formula is C16H16FNO4S. The highest BCUT2D eigenvalue weighted by Gasteiger charge is 2.21. The number of halogens is 1. The van der Waals surface area contributed by atoms with Crippen LogP contribution in [-0.2, 0) is 10.0 Å². The number of hydrogen-bond acceptors (Lipinski definition) is 3. The number of benzene rings is 2. The number of carboxylic acid groups (broad SMARTS) is 1. The van der Waals surface area contributed by atoms with Crippen molar-refractivity contribution >= 4 is 21.7 Å². The predicted molar refractivity (Wildman–Crippen MR) is 84.8 cm³/mol. The zero-order valence-electron chi connectivity index (χ0n) is 12.8. The van der Waals surface area contributed by atoms with E-state index in [1.807, 2.05) is 0 Å². The van der Waals surface area contributed by atoms with Crippen LogP contribution in [0.25, 0.3) is 0 Å². The summed E-state index contributed by atoms with van der Waals surface area (Å²) in [6, 6.07) is 6.53. The van der Waals surface area contributed by atoms with E-state index in [0.717, 1.165) is 12.1 Å². The summed E-state index contributed by atoms with van der Waals surface area (Å²) in [4.78, 5) is 11.1. The van der Waals surface area contributed by atoms with E-state index in [4.69, 9.17) is 5.11 Å². The van der Waals surface area contributed by atoms with Gasteiger partial charge in [-0.3, -0.25) is 4.72 Å². The van der Waals surface area contributed by atoms with E-state index in [-0.39, 0.29) is 27.3 Å². The van der Waals surface area contributed by atoms with Crippen LogP contribution in [0.15, 0.2) is 35.2 Å². The van der Waals surface area contributed by atoms with E-state index in [1.54, 1.807) is 6.92 Å². The molecule has 0 saturated heterocycles. The molecule has 0 aromatic heterocycles. The normalized spacial score (nSPS) is 11.3. The van der Waals surface area contributed by atoms with Gasteiger partial charge in [0.2, 0.25) is 0 Å². The lowest BCUT2D eigenvalue weighted by atomic mass is 10.1. The third-order valence-corrected chi connectivity index (χ3v) is 5.10.